The first-order valence-corrected chi connectivity index (χ1v) is 6.46. The van der Waals surface area contributed by atoms with Crippen molar-refractivity contribution in [3.63, 3.8) is 0 Å². The zero-order valence-corrected chi connectivity index (χ0v) is 12.0. The third-order valence-electron chi connectivity index (χ3n) is 3.30. The number of anilines is 1. The molecule has 6 nitrogen and oxygen atoms in total. The molecule has 0 aliphatic carbocycles. The minimum Gasteiger partial charge on any atom is -0.497 e. The summed E-state index contributed by atoms with van der Waals surface area (Å²) in [4.78, 5) is 12.3. The third-order valence-corrected chi connectivity index (χ3v) is 3.30. The normalized spacial score (nSPS) is 10.8. The molecular weight excluding hydrogens is 270 g/mol. The first kappa shape index (κ1) is 13.2. The van der Waals surface area contributed by atoms with E-state index < -0.39 is 0 Å². The smallest absolute Gasteiger partial charge is 0.292 e. The fourth-order valence-electron chi connectivity index (χ4n) is 2.20. The highest BCUT2D eigenvalue weighted by Gasteiger charge is 2.18. The predicted molar refractivity (Wildman–Crippen MR) is 78.7 cm³/mol. The van der Waals surface area contributed by atoms with Crippen molar-refractivity contribution < 1.29 is 13.9 Å². The van der Waals surface area contributed by atoms with Crippen molar-refractivity contribution in [1.82, 2.24) is 9.78 Å². The van der Waals surface area contributed by atoms with E-state index in [1.807, 2.05) is 13.0 Å². The van der Waals surface area contributed by atoms with Crippen LogP contribution in [0.4, 0.5) is 5.82 Å². The van der Waals surface area contributed by atoms with Gasteiger partial charge in [0.2, 0.25) is 0 Å². The number of hydrogen-bond acceptors (Lipinski definition) is 4. The van der Waals surface area contributed by atoms with Crippen molar-refractivity contribution in [3.05, 3.63) is 41.8 Å². The summed E-state index contributed by atoms with van der Waals surface area (Å²) in [5, 5.41) is 7.69. The molecule has 3 aromatic rings. The van der Waals surface area contributed by atoms with E-state index >= 15 is 0 Å². The molecule has 0 radical (unpaired) electrons. The summed E-state index contributed by atoms with van der Waals surface area (Å²) in [6.07, 6.45) is 1.76. The minimum atomic E-state index is -0.318. The first-order chi connectivity index (χ1) is 10.1. The molecule has 0 fully saturated rings. The SMILES string of the molecule is COc1ccc2oc(C(=O)Nc3ccn(C)n3)c(C)c2c1. The molecule has 0 atom stereocenters. The van der Waals surface area contributed by atoms with Crippen molar-refractivity contribution in [3.8, 4) is 5.75 Å². The number of aryl methyl sites for hydroxylation is 2. The highest BCUT2D eigenvalue weighted by molar-refractivity contribution is 6.06. The van der Waals surface area contributed by atoms with Crippen LogP contribution in [0.15, 0.2) is 34.9 Å². The predicted octanol–water partition coefficient (Wildman–Crippen LogP) is 2.74. The number of hydrogen-bond donors (Lipinski definition) is 1. The lowest BCUT2D eigenvalue weighted by Crippen LogP contribution is -2.12. The van der Waals surface area contributed by atoms with Crippen LogP contribution in [0.5, 0.6) is 5.75 Å². The Hall–Kier alpha value is -2.76. The van der Waals surface area contributed by atoms with Crippen LogP contribution < -0.4 is 10.1 Å². The second kappa shape index (κ2) is 4.97. The van der Waals surface area contributed by atoms with Gasteiger partial charge in [-0.15, -0.1) is 0 Å². The van der Waals surface area contributed by atoms with Gasteiger partial charge < -0.3 is 14.5 Å². The average molecular weight is 285 g/mol. The summed E-state index contributed by atoms with van der Waals surface area (Å²) in [6, 6.07) is 7.16. The lowest BCUT2D eigenvalue weighted by Gasteiger charge is -1.99. The van der Waals surface area contributed by atoms with Gasteiger partial charge in [-0.2, -0.15) is 5.10 Å². The summed E-state index contributed by atoms with van der Waals surface area (Å²) in [6.45, 7) is 1.85. The topological polar surface area (TPSA) is 69.3 Å². The molecule has 0 aliphatic rings. The van der Waals surface area contributed by atoms with Crippen molar-refractivity contribution in [2.75, 3.05) is 12.4 Å². The molecule has 0 spiro atoms. The van der Waals surface area contributed by atoms with Crippen LogP contribution in [-0.4, -0.2) is 22.8 Å². The molecule has 0 aliphatic heterocycles. The van der Waals surface area contributed by atoms with Gasteiger partial charge >= 0.3 is 0 Å². The molecule has 0 unspecified atom stereocenters. The quantitative estimate of drug-likeness (QED) is 0.803. The maximum absolute atomic E-state index is 12.3. The summed E-state index contributed by atoms with van der Waals surface area (Å²) < 4.78 is 12.4. The van der Waals surface area contributed by atoms with Gasteiger partial charge in [-0.25, -0.2) is 0 Å². The molecule has 2 aromatic heterocycles. The van der Waals surface area contributed by atoms with Crippen LogP contribution in [0.2, 0.25) is 0 Å². The number of fused-ring (bicyclic) bond motifs is 1. The Morgan fingerprint density at radius 2 is 2.19 bits per heavy atom. The Labute approximate surface area is 121 Å². The number of rotatable bonds is 3. The maximum Gasteiger partial charge on any atom is 0.292 e. The standard InChI is InChI=1S/C15H15N3O3/c1-9-11-8-10(20-3)4-5-12(11)21-14(9)15(19)16-13-6-7-18(2)17-13/h4-8H,1-3H3,(H,16,17,19). The van der Waals surface area contributed by atoms with Crippen LogP contribution in [0.25, 0.3) is 11.0 Å². The van der Waals surface area contributed by atoms with Gasteiger partial charge in [0.05, 0.1) is 7.11 Å². The van der Waals surface area contributed by atoms with E-state index in [9.17, 15) is 4.79 Å². The summed E-state index contributed by atoms with van der Waals surface area (Å²) in [5.74, 6) is 1.17. The van der Waals surface area contributed by atoms with Crippen LogP contribution in [0.1, 0.15) is 16.1 Å². The lowest BCUT2D eigenvalue weighted by molar-refractivity contribution is 0.0997. The third kappa shape index (κ3) is 2.35. The summed E-state index contributed by atoms with van der Waals surface area (Å²) in [7, 11) is 3.39. The van der Waals surface area contributed by atoms with Crippen LogP contribution >= 0.6 is 0 Å². The van der Waals surface area contributed by atoms with Crippen LogP contribution in [-0.2, 0) is 7.05 Å². The van der Waals surface area contributed by atoms with E-state index in [1.54, 1.807) is 43.2 Å². The molecule has 1 amide bonds. The second-order valence-corrected chi connectivity index (χ2v) is 4.75. The van der Waals surface area contributed by atoms with Gasteiger partial charge in [-0.1, -0.05) is 0 Å². The van der Waals surface area contributed by atoms with E-state index in [2.05, 4.69) is 10.4 Å². The fraction of sp³-hybridized carbons (Fsp3) is 0.200. The van der Waals surface area contributed by atoms with Crippen LogP contribution in [0.3, 0.4) is 0 Å². The Bertz CT molecular complexity index is 817. The molecule has 108 valence electrons. The van der Waals surface area contributed by atoms with Gasteiger partial charge in [0, 0.05) is 30.3 Å². The Kier molecular flexibility index (Phi) is 3.13. The number of nitrogens with one attached hydrogen (secondary N) is 1. The number of aromatic nitrogens is 2. The molecular formula is C15H15N3O3. The van der Waals surface area contributed by atoms with Crippen molar-refractivity contribution in [2.45, 2.75) is 6.92 Å². The van der Waals surface area contributed by atoms with Gasteiger partial charge in [0.25, 0.3) is 5.91 Å². The molecule has 0 saturated carbocycles. The van der Waals surface area contributed by atoms with Crippen molar-refractivity contribution in [2.24, 2.45) is 7.05 Å². The number of methoxy groups -OCH3 is 1. The maximum atomic E-state index is 12.3. The largest absolute Gasteiger partial charge is 0.497 e. The number of furan rings is 1. The van der Waals surface area contributed by atoms with Crippen LogP contribution in [0, 0.1) is 6.92 Å². The molecule has 0 saturated heterocycles. The Balaban J connectivity index is 1.96. The van der Waals surface area contributed by atoms with Gasteiger partial charge in [0.1, 0.15) is 11.3 Å². The second-order valence-electron chi connectivity index (χ2n) is 4.75. The number of nitrogens with zero attached hydrogens (tertiary/aromatic N) is 2. The molecule has 21 heavy (non-hydrogen) atoms. The van der Waals surface area contributed by atoms with E-state index in [1.165, 1.54) is 0 Å². The van der Waals surface area contributed by atoms with Gasteiger partial charge in [0.15, 0.2) is 11.6 Å². The first-order valence-electron chi connectivity index (χ1n) is 6.46. The molecule has 6 heteroatoms. The minimum absolute atomic E-state index is 0.281. The van der Waals surface area contributed by atoms with Crippen molar-refractivity contribution >= 4 is 22.7 Å². The lowest BCUT2D eigenvalue weighted by atomic mass is 10.1. The highest BCUT2D eigenvalue weighted by atomic mass is 16.5. The Morgan fingerprint density at radius 1 is 1.38 bits per heavy atom. The van der Waals surface area contributed by atoms with E-state index in [0.717, 1.165) is 16.7 Å². The van der Waals surface area contributed by atoms with E-state index in [0.29, 0.717) is 11.4 Å². The average Bonchev–Trinajstić information content (AvgIpc) is 3.02. The number of benzene rings is 1. The number of carbonyl (C=O) groups is 1. The monoisotopic (exact) mass is 285 g/mol. The van der Waals surface area contributed by atoms with Crippen molar-refractivity contribution in [1.29, 1.82) is 0 Å². The Morgan fingerprint density at radius 3 is 2.86 bits per heavy atom. The van der Waals surface area contributed by atoms with E-state index in [-0.39, 0.29) is 11.7 Å². The fourth-order valence-corrected chi connectivity index (χ4v) is 2.20. The summed E-state index contributed by atoms with van der Waals surface area (Å²) >= 11 is 0. The number of ether oxygens (including phenoxy) is 1. The highest BCUT2D eigenvalue weighted by Crippen LogP contribution is 2.29. The molecule has 1 N–H and O–H groups in total. The summed E-state index contributed by atoms with van der Waals surface area (Å²) in [5.41, 5.74) is 1.43. The number of amides is 1. The van der Waals surface area contributed by atoms with E-state index in [4.69, 9.17) is 9.15 Å². The molecule has 2 heterocycles. The molecule has 0 bridgehead atoms. The zero-order valence-electron chi connectivity index (χ0n) is 12.0. The molecule has 1 aromatic carbocycles. The molecule has 3 rings (SSSR count). The van der Waals surface area contributed by atoms with Gasteiger partial charge in [-0.3, -0.25) is 9.48 Å². The van der Waals surface area contributed by atoms with Gasteiger partial charge in [-0.05, 0) is 25.1 Å². The zero-order chi connectivity index (χ0) is 15.0. The number of carbonyl (C=O) groups excluding carboxylic acids is 1.